The third kappa shape index (κ3) is 8.42. The van der Waals surface area contributed by atoms with E-state index >= 15 is 0 Å². The second kappa shape index (κ2) is 18.1. The zero-order valence-corrected chi connectivity index (χ0v) is 40.2. The van der Waals surface area contributed by atoms with Crippen LogP contribution < -0.4 is 4.90 Å². The van der Waals surface area contributed by atoms with Crippen molar-refractivity contribution in [3.05, 3.63) is 239 Å². The summed E-state index contributed by atoms with van der Waals surface area (Å²) in [4.78, 5) is 2.51. The summed E-state index contributed by atoms with van der Waals surface area (Å²) in [5.74, 6) is 0.423. The second-order valence-electron chi connectivity index (χ2n) is 19.7. The first-order valence-corrected chi connectivity index (χ1v) is 23.6. The largest absolute Gasteiger partial charge is 0.310 e. The quantitative estimate of drug-likeness (QED) is 0.140. The van der Waals surface area contributed by atoms with Gasteiger partial charge in [0.15, 0.2) is 0 Å². The average Bonchev–Trinajstić information content (AvgIpc) is 3.63. The van der Waals surface area contributed by atoms with E-state index in [-0.39, 0.29) is 10.8 Å². The molecule has 1 aliphatic carbocycles. The van der Waals surface area contributed by atoms with E-state index in [1.807, 2.05) is 19.9 Å². The molecule has 0 N–H and O–H groups in total. The topological polar surface area (TPSA) is 3.24 Å². The highest BCUT2D eigenvalue weighted by Crippen LogP contribution is 2.61. The fraction of sp³-hybridized carbons (Fsp3) is 0.219. The van der Waals surface area contributed by atoms with Crippen molar-refractivity contribution in [3.63, 3.8) is 0 Å². The second-order valence-corrected chi connectivity index (χ2v) is 19.7. The molecule has 0 aliphatic heterocycles. The number of benzene rings is 8. The normalized spacial score (nSPS) is 14.3. The number of anilines is 3. The molecule has 0 saturated heterocycles. The first kappa shape index (κ1) is 44.9. The van der Waals surface area contributed by atoms with Gasteiger partial charge in [-0.1, -0.05) is 240 Å². The molecular weight excluding hydrogens is 783 g/mol. The molecule has 0 aromatic heterocycles. The predicted octanol–water partition coefficient (Wildman–Crippen LogP) is 18.2. The molecule has 65 heavy (non-hydrogen) atoms. The Hall–Kier alpha value is -6.70. The van der Waals surface area contributed by atoms with Crippen LogP contribution in [0.4, 0.5) is 17.1 Å². The molecule has 326 valence electrons. The van der Waals surface area contributed by atoms with Crippen molar-refractivity contribution in [3.8, 4) is 33.4 Å². The Bertz CT molecular complexity index is 2800. The van der Waals surface area contributed by atoms with Crippen molar-refractivity contribution >= 4 is 23.1 Å². The zero-order valence-electron chi connectivity index (χ0n) is 40.2. The molecule has 0 heterocycles. The lowest BCUT2D eigenvalue weighted by molar-refractivity contribution is 0.586. The third-order valence-corrected chi connectivity index (χ3v) is 13.2. The van der Waals surface area contributed by atoms with E-state index in [4.69, 9.17) is 0 Å². The zero-order chi connectivity index (χ0) is 46.1. The molecule has 0 fully saturated rings. The molecule has 8 aromatic rings. The molecule has 0 amide bonds. The van der Waals surface area contributed by atoms with Crippen LogP contribution in [0.25, 0.3) is 39.5 Å². The molecule has 1 nitrogen and oxygen atoms in total. The van der Waals surface area contributed by atoms with E-state index in [1.54, 1.807) is 0 Å². The van der Waals surface area contributed by atoms with Crippen LogP contribution in [0.3, 0.4) is 0 Å². The van der Waals surface area contributed by atoms with Gasteiger partial charge in [0, 0.05) is 16.9 Å². The summed E-state index contributed by atoms with van der Waals surface area (Å²) in [6, 6.07) is 70.7. The molecule has 0 saturated carbocycles. The Morgan fingerprint density at radius 2 is 0.923 bits per heavy atom. The number of fused-ring (bicyclic) bond motifs is 3. The minimum absolute atomic E-state index is 0.0593. The van der Waals surface area contributed by atoms with Crippen LogP contribution >= 0.6 is 0 Å². The van der Waals surface area contributed by atoms with Gasteiger partial charge in [-0.05, 0) is 119 Å². The monoisotopic (exact) mass is 848 g/mol. The summed E-state index contributed by atoms with van der Waals surface area (Å²) in [5, 5.41) is 0. The van der Waals surface area contributed by atoms with Gasteiger partial charge in [-0.2, -0.15) is 0 Å². The maximum Gasteiger partial charge on any atom is 0.0714 e. The maximum absolute atomic E-state index is 4.14. The van der Waals surface area contributed by atoms with Crippen LogP contribution in [0.5, 0.6) is 0 Å². The van der Waals surface area contributed by atoms with Crippen molar-refractivity contribution in [2.45, 2.75) is 91.4 Å². The lowest BCUT2D eigenvalue weighted by atomic mass is 9.66. The molecule has 1 unspecified atom stereocenters. The van der Waals surface area contributed by atoms with Crippen LogP contribution in [-0.2, 0) is 16.2 Å². The van der Waals surface area contributed by atoms with Gasteiger partial charge in [0.1, 0.15) is 0 Å². The maximum atomic E-state index is 4.14. The standard InChI is InChI=1S/C62H59N.C2H6/c1-10-43-21-29-49(30-22-43)62(50-31-23-44(24-32-50)42(2)3)56-39-51(60(4,5)6)33-38-55(56)59-57(62)40-52(61(7,8)9)41-58(59)63(53-34-25-47(26-35-53)45-17-13-11-14-18-45)54-36-27-48(28-37-54)46-19-15-12-16-20-46;1-2/h10-42H,1H2,2-9H3;1-2H3. The Kier molecular flexibility index (Phi) is 12.5. The van der Waals surface area contributed by atoms with Crippen molar-refractivity contribution < 1.29 is 0 Å². The summed E-state index contributed by atoms with van der Waals surface area (Å²) >= 11 is 0. The smallest absolute Gasteiger partial charge is 0.0714 e. The summed E-state index contributed by atoms with van der Waals surface area (Å²) in [6.07, 6.45) is 1.95. The van der Waals surface area contributed by atoms with E-state index in [2.05, 4.69) is 255 Å². The van der Waals surface area contributed by atoms with Gasteiger partial charge in [0.25, 0.3) is 0 Å². The van der Waals surface area contributed by atoms with Crippen molar-refractivity contribution in [1.82, 2.24) is 0 Å². The number of hydrogen-bond donors (Lipinski definition) is 0. The van der Waals surface area contributed by atoms with Gasteiger partial charge in [-0.15, -0.1) is 0 Å². The minimum Gasteiger partial charge on any atom is -0.310 e. The Morgan fingerprint density at radius 1 is 0.477 bits per heavy atom. The first-order chi connectivity index (χ1) is 31.3. The van der Waals surface area contributed by atoms with E-state index in [0.29, 0.717) is 5.92 Å². The van der Waals surface area contributed by atoms with Crippen LogP contribution in [0.15, 0.2) is 195 Å². The van der Waals surface area contributed by atoms with Gasteiger partial charge >= 0.3 is 0 Å². The molecule has 1 heteroatoms. The van der Waals surface area contributed by atoms with Crippen molar-refractivity contribution in [1.29, 1.82) is 0 Å². The first-order valence-electron chi connectivity index (χ1n) is 23.6. The van der Waals surface area contributed by atoms with Crippen molar-refractivity contribution in [2.24, 2.45) is 0 Å². The van der Waals surface area contributed by atoms with E-state index < -0.39 is 5.41 Å². The molecule has 0 radical (unpaired) electrons. The lowest BCUT2D eigenvalue weighted by Gasteiger charge is -2.37. The molecule has 9 rings (SSSR count). The average molecular weight is 848 g/mol. The number of rotatable bonds is 9. The van der Waals surface area contributed by atoms with Gasteiger partial charge in [-0.3, -0.25) is 0 Å². The highest BCUT2D eigenvalue weighted by Gasteiger charge is 2.49. The predicted molar refractivity (Wildman–Crippen MR) is 282 cm³/mol. The summed E-state index contributed by atoms with van der Waals surface area (Å²) in [7, 11) is 0. The Balaban J connectivity index is 0.00000284. The molecule has 0 spiro atoms. The highest BCUT2D eigenvalue weighted by atomic mass is 15.1. The summed E-state index contributed by atoms with van der Waals surface area (Å²) in [5.41, 5.74) is 20.1. The fourth-order valence-electron chi connectivity index (χ4n) is 9.57. The van der Waals surface area contributed by atoms with Crippen LogP contribution in [0.2, 0.25) is 0 Å². The van der Waals surface area contributed by atoms with Gasteiger partial charge in [0.2, 0.25) is 0 Å². The van der Waals surface area contributed by atoms with Crippen molar-refractivity contribution in [2.75, 3.05) is 4.90 Å². The highest BCUT2D eigenvalue weighted by molar-refractivity contribution is 5.98. The van der Waals surface area contributed by atoms with Crippen LogP contribution in [0.1, 0.15) is 120 Å². The Morgan fingerprint density at radius 3 is 1.37 bits per heavy atom. The van der Waals surface area contributed by atoms with E-state index in [1.165, 1.54) is 78.0 Å². The minimum atomic E-state index is -0.614. The molecule has 1 atom stereocenters. The molecule has 8 aromatic carbocycles. The van der Waals surface area contributed by atoms with E-state index in [9.17, 15) is 0 Å². The summed E-state index contributed by atoms with van der Waals surface area (Å²) < 4.78 is 0. The molecule has 1 aliphatic rings. The fourth-order valence-corrected chi connectivity index (χ4v) is 9.57. The third-order valence-electron chi connectivity index (χ3n) is 13.2. The lowest BCUT2D eigenvalue weighted by Crippen LogP contribution is -2.30. The van der Waals surface area contributed by atoms with Crippen LogP contribution in [-0.4, -0.2) is 0 Å². The van der Waals surface area contributed by atoms with Gasteiger partial charge in [0.05, 0.1) is 11.1 Å². The summed E-state index contributed by atoms with van der Waals surface area (Å²) in [6.45, 7) is 26.7. The number of hydrogen-bond acceptors (Lipinski definition) is 1. The Labute approximate surface area is 390 Å². The van der Waals surface area contributed by atoms with Crippen LogP contribution in [0, 0.1) is 0 Å². The molecular formula is C64H65N. The SMILES string of the molecule is C=Cc1ccc(C2(c3ccc(C(C)C)cc3)c3cc(C(C)(C)C)ccc3-c3c(N(c4ccc(-c5ccccc5)cc4)c4ccc(-c5ccccc5)cc4)cc(C(C)(C)C)cc32)cc1.CC. The van der Waals surface area contributed by atoms with Gasteiger partial charge < -0.3 is 4.90 Å². The molecule has 0 bridgehead atoms. The van der Waals surface area contributed by atoms with Gasteiger partial charge in [-0.25, -0.2) is 0 Å². The number of nitrogens with zero attached hydrogens (tertiary/aromatic N) is 1. The van der Waals surface area contributed by atoms with E-state index in [0.717, 1.165) is 16.9 Å².